The zero-order valence-corrected chi connectivity index (χ0v) is 19.7. The van der Waals surface area contributed by atoms with E-state index >= 15 is 0 Å². The first-order chi connectivity index (χ1) is 16.6. The van der Waals surface area contributed by atoms with Gasteiger partial charge in [-0.15, -0.1) is 0 Å². The van der Waals surface area contributed by atoms with Crippen molar-refractivity contribution in [1.82, 2.24) is 24.6 Å². The minimum atomic E-state index is -4.67. The van der Waals surface area contributed by atoms with Crippen molar-refractivity contribution in [2.45, 2.75) is 39.0 Å². The number of aryl methyl sites for hydroxylation is 1. The molecule has 3 N–H and O–H groups in total. The molecule has 0 saturated heterocycles. The molecule has 1 aliphatic carbocycles. The number of carbonyl (C=O) groups is 1. The number of fused-ring (bicyclic) bond motifs is 3. The Morgan fingerprint density at radius 3 is 2.69 bits per heavy atom. The van der Waals surface area contributed by atoms with Gasteiger partial charge < -0.3 is 15.1 Å². The van der Waals surface area contributed by atoms with Gasteiger partial charge in [-0.1, -0.05) is 6.92 Å². The zero-order valence-electron chi connectivity index (χ0n) is 18.8. The summed E-state index contributed by atoms with van der Waals surface area (Å²) in [5.41, 5.74) is 3.88. The molecule has 4 heterocycles. The monoisotopic (exact) mass is 500 g/mol. The molecule has 4 aromatic rings. The van der Waals surface area contributed by atoms with Gasteiger partial charge in [0.05, 0.1) is 17.1 Å². The summed E-state index contributed by atoms with van der Waals surface area (Å²) < 4.78 is 31.0. The second-order valence-electron chi connectivity index (χ2n) is 8.45. The summed E-state index contributed by atoms with van der Waals surface area (Å²) in [6.07, 6.45) is 3.22. The van der Waals surface area contributed by atoms with Crippen LogP contribution in [0, 0.1) is 12.8 Å². The Kier molecular flexibility index (Phi) is 5.84. The highest BCUT2D eigenvalue weighted by atomic mass is 31.2. The fourth-order valence-electron chi connectivity index (χ4n) is 4.03. The van der Waals surface area contributed by atoms with E-state index in [9.17, 15) is 23.5 Å². The molecule has 35 heavy (non-hydrogen) atoms. The number of phosphoric ester groups is 1. The van der Waals surface area contributed by atoms with Crippen molar-refractivity contribution in [3.8, 4) is 11.1 Å². The fourth-order valence-corrected chi connectivity index (χ4v) is 4.62. The number of nitrogens with zero attached hydrogens (tertiary/aromatic N) is 5. The molecule has 13 heteroatoms. The third kappa shape index (κ3) is 4.65. The minimum absolute atomic E-state index is 0.229. The van der Waals surface area contributed by atoms with E-state index in [0.29, 0.717) is 29.1 Å². The van der Waals surface area contributed by atoms with Gasteiger partial charge in [0.15, 0.2) is 5.65 Å². The number of alkyl halides is 1. The maximum Gasteiger partial charge on any atom is 0.470 e. The number of carbonyl (C=O) groups excluding carboxylic acids is 1. The van der Waals surface area contributed by atoms with Gasteiger partial charge in [-0.05, 0) is 37.5 Å². The maximum atomic E-state index is 13.2. The number of anilines is 1. The molecule has 5 rings (SSSR count). The van der Waals surface area contributed by atoms with E-state index in [2.05, 4.69) is 25.4 Å². The van der Waals surface area contributed by atoms with Gasteiger partial charge in [0.2, 0.25) is 5.91 Å². The average molecular weight is 500 g/mol. The summed E-state index contributed by atoms with van der Waals surface area (Å²) in [4.78, 5) is 43.5. The largest absolute Gasteiger partial charge is 0.470 e. The molecule has 4 aromatic heterocycles. The molecule has 11 nitrogen and oxygen atoms in total. The second kappa shape index (κ2) is 8.72. The van der Waals surface area contributed by atoms with E-state index in [0.717, 1.165) is 22.1 Å². The molecule has 0 spiro atoms. The molecule has 1 fully saturated rings. The minimum Gasteiger partial charge on any atom is -0.310 e. The van der Waals surface area contributed by atoms with Crippen LogP contribution in [0.25, 0.3) is 27.7 Å². The number of amides is 1. The van der Waals surface area contributed by atoms with Crippen LogP contribution in [0.2, 0.25) is 0 Å². The molecule has 182 valence electrons. The summed E-state index contributed by atoms with van der Waals surface area (Å²) in [6, 6.07) is 5.26. The maximum absolute atomic E-state index is 13.2. The smallest absolute Gasteiger partial charge is 0.310 e. The molecule has 3 atom stereocenters. The lowest BCUT2D eigenvalue weighted by molar-refractivity contribution is -0.117. The van der Waals surface area contributed by atoms with Crippen LogP contribution >= 0.6 is 7.82 Å². The number of nitrogens with one attached hydrogen (secondary N) is 1. The lowest BCUT2D eigenvalue weighted by atomic mass is 10.0. The highest BCUT2D eigenvalue weighted by molar-refractivity contribution is 7.46. The quantitative estimate of drug-likeness (QED) is 0.324. The van der Waals surface area contributed by atoms with E-state index in [4.69, 9.17) is 4.52 Å². The van der Waals surface area contributed by atoms with Crippen LogP contribution in [0.15, 0.2) is 36.9 Å². The van der Waals surface area contributed by atoms with Gasteiger partial charge in [-0.3, -0.25) is 14.3 Å². The third-order valence-corrected chi connectivity index (χ3v) is 6.45. The lowest BCUT2D eigenvalue weighted by Gasteiger charge is -2.17. The van der Waals surface area contributed by atoms with Gasteiger partial charge in [-0.2, -0.15) is 5.10 Å². The van der Waals surface area contributed by atoms with Crippen LogP contribution in [0.5, 0.6) is 0 Å². The van der Waals surface area contributed by atoms with E-state index in [1.54, 1.807) is 36.0 Å². The van der Waals surface area contributed by atoms with Crippen LogP contribution in [-0.2, 0) is 13.9 Å². The SMILES string of the molecule is CC[C@H](OP(=O)(O)O)c1cc(C)c(-c2cc3cnc(NC(=O)[C@H]4C[C@H]4F)cc3n3ncnc23)cn1. The molecular formula is C22H22FN6O5P. The number of hydrogen-bond donors (Lipinski definition) is 3. The van der Waals surface area contributed by atoms with E-state index in [1.165, 1.54) is 6.33 Å². The molecule has 1 aliphatic rings. The van der Waals surface area contributed by atoms with E-state index < -0.39 is 31.9 Å². The Labute approximate surface area is 198 Å². The highest BCUT2D eigenvalue weighted by Crippen LogP contribution is 2.43. The Morgan fingerprint density at radius 1 is 1.26 bits per heavy atom. The summed E-state index contributed by atoms with van der Waals surface area (Å²) >= 11 is 0. The topological polar surface area (TPSA) is 152 Å². The van der Waals surface area contributed by atoms with Crippen molar-refractivity contribution in [3.05, 3.63) is 48.2 Å². The van der Waals surface area contributed by atoms with Crippen LogP contribution in [0.4, 0.5) is 10.2 Å². The first-order valence-corrected chi connectivity index (χ1v) is 12.5. The van der Waals surface area contributed by atoms with Crippen molar-refractivity contribution in [1.29, 1.82) is 0 Å². The van der Waals surface area contributed by atoms with Crippen LogP contribution < -0.4 is 5.32 Å². The molecule has 0 radical (unpaired) electrons. The Morgan fingerprint density at radius 2 is 2.03 bits per heavy atom. The van der Waals surface area contributed by atoms with Crippen LogP contribution in [-0.4, -0.2) is 46.4 Å². The van der Waals surface area contributed by atoms with E-state index in [1.807, 2.05) is 13.0 Å². The van der Waals surface area contributed by atoms with Crippen molar-refractivity contribution in [2.24, 2.45) is 5.92 Å². The molecular weight excluding hydrogens is 478 g/mol. The predicted octanol–water partition coefficient (Wildman–Crippen LogP) is 3.50. The number of phosphoric acid groups is 1. The molecule has 1 amide bonds. The van der Waals surface area contributed by atoms with Crippen molar-refractivity contribution >= 4 is 36.1 Å². The van der Waals surface area contributed by atoms with Gasteiger partial charge in [0.1, 0.15) is 24.4 Å². The number of hydrogen-bond acceptors (Lipinski definition) is 7. The molecule has 0 aromatic carbocycles. The number of pyridine rings is 3. The Bertz CT molecular complexity index is 1500. The summed E-state index contributed by atoms with van der Waals surface area (Å²) in [5.74, 6) is -0.728. The first kappa shape index (κ1) is 23.4. The number of rotatable bonds is 7. The van der Waals surface area contributed by atoms with Gasteiger partial charge in [0, 0.05) is 35.0 Å². The van der Waals surface area contributed by atoms with Crippen molar-refractivity contribution < 1.29 is 28.1 Å². The average Bonchev–Trinajstić information content (AvgIpc) is 3.33. The first-order valence-electron chi connectivity index (χ1n) is 10.9. The van der Waals surface area contributed by atoms with Crippen molar-refractivity contribution in [2.75, 3.05) is 5.32 Å². The Balaban J connectivity index is 1.53. The van der Waals surface area contributed by atoms with Crippen molar-refractivity contribution in [3.63, 3.8) is 0 Å². The van der Waals surface area contributed by atoms with Gasteiger partial charge in [0.25, 0.3) is 0 Å². The molecule has 0 unspecified atom stereocenters. The number of aromatic nitrogens is 5. The van der Waals surface area contributed by atoms with Crippen LogP contribution in [0.3, 0.4) is 0 Å². The molecule has 0 bridgehead atoms. The lowest BCUT2D eigenvalue weighted by Crippen LogP contribution is -2.16. The highest BCUT2D eigenvalue weighted by Gasteiger charge is 2.43. The van der Waals surface area contributed by atoms with E-state index in [-0.39, 0.29) is 6.42 Å². The normalized spacial score (nSPS) is 18.7. The Hall–Kier alpha value is -3.31. The summed E-state index contributed by atoms with van der Waals surface area (Å²) in [7, 11) is -4.67. The standard InChI is InChI=1S/C22H22FN6O5P/c1-3-19(34-35(31,32)33)17-4-11(2)15(9-24-17)13-5-12-8-25-20(28-22(30)14-6-16(14)23)7-18(12)29-21(13)26-10-27-29/h4-5,7-10,14,16,19H,3,6H2,1-2H3,(H,25,28,30)(H2,31,32,33)/t14-,16+,19-/m0/s1. The van der Waals surface area contributed by atoms with Crippen LogP contribution in [0.1, 0.15) is 37.1 Å². The summed E-state index contributed by atoms with van der Waals surface area (Å²) in [6.45, 7) is 3.60. The van der Waals surface area contributed by atoms with Gasteiger partial charge >= 0.3 is 7.82 Å². The third-order valence-electron chi connectivity index (χ3n) is 5.92. The van der Waals surface area contributed by atoms with Gasteiger partial charge in [-0.25, -0.2) is 23.4 Å². The summed E-state index contributed by atoms with van der Waals surface area (Å²) in [5, 5.41) is 7.70. The second-order valence-corrected chi connectivity index (χ2v) is 9.64. The molecule has 0 aliphatic heterocycles. The molecule has 1 saturated carbocycles. The predicted molar refractivity (Wildman–Crippen MR) is 124 cm³/mol. The fraction of sp³-hybridized carbons (Fsp3) is 0.318. The zero-order chi connectivity index (χ0) is 24.9. The number of halogens is 1.